The molecule has 1 aliphatic carbocycles. The summed E-state index contributed by atoms with van der Waals surface area (Å²) in [5.74, 6) is 1.20. The fourth-order valence-electron chi connectivity index (χ4n) is 2.09. The Morgan fingerprint density at radius 2 is 2.11 bits per heavy atom. The Bertz CT molecular complexity index is 413. The van der Waals surface area contributed by atoms with E-state index in [-0.39, 0.29) is 18.6 Å². The Balaban J connectivity index is 1.75. The molecular formula is C15H22N2O2. The third-order valence-electron chi connectivity index (χ3n) is 3.49. The zero-order valence-electron chi connectivity index (χ0n) is 11.4. The van der Waals surface area contributed by atoms with E-state index in [1.165, 1.54) is 18.4 Å². The maximum Gasteiger partial charge on any atom is 0.258 e. The van der Waals surface area contributed by atoms with Gasteiger partial charge in [-0.25, -0.2) is 0 Å². The standard InChI is InChI=1S/C15H22N2O2/c1-2-11-3-7-13(8-4-11)19-10-15(18)17-14(9-16)12-5-6-12/h3-4,7-8,12,14H,2,5-6,9-10,16H2,1H3,(H,17,18). The van der Waals surface area contributed by atoms with E-state index in [1.807, 2.05) is 24.3 Å². The molecule has 4 heteroatoms. The number of ether oxygens (including phenoxy) is 1. The lowest BCUT2D eigenvalue weighted by atomic mass is 10.2. The third-order valence-corrected chi connectivity index (χ3v) is 3.49. The van der Waals surface area contributed by atoms with Crippen LogP contribution in [-0.2, 0) is 11.2 Å². The van der Waals surface area contributed by atoms with E-state index in [0.717, 1.165) is 12.2 Å². The van der Waals surface area contributed by atoms with Gasteiger partial charge in [0.15, 0.2) is 6.61 Å². The molecule has 0 spiro atoms. The first-order valence-electron chi connectivity index (χ1n) is 6.94. The van der Waals surface area contributed by atoms with Crippen LogP contribution in [0.2, 0.25) is 0 Å². The molecule has 0 bridgehead atoms. The quantitative estimate of drug-likeness (QED) is 0.782. The maximum atomic E-state index is 11.7. The summed E-state index contributed by atoms with van der Waals surface area (Å²) in [5.41, 5.74) is 6.90. The molecule has 1 aromatic rings. The molecule has 1 unspecified atom stereocenters. The maximum absolute atomic E-state index is 11.7. The van der Waals surface area contributed by atoms with Crippen molar-refractivity contribution in [2.45, 2.75) is 32.2 Å². The Labute approximate surface area is 114 Å². The van der Waals surface area contributed by atoms with Crippen LogP contribution in [0.1, 0.15) is 25.3 Å². The van der Waals surface area contributed by atoms with Crippen molar-refractivity contribution in [2.24, 2.45) is 11.7 Å². The fourth-order valence-corrected chi connectivity index (χ4v) is 2.09. The number of carbonyl (C=O) groups is 1. The van der Waals surface area contributed by atoms with Crippen LogP contribution in [0.25, 0.3) is 0 Å². The van der Waals surface area contributed by atoms with Gasteiger partial charge in [0.1, 0.15) is 5.75 Å². The molecule has 104 valence electrons. The first-order valence-corrected chi connectivity index (χ1v) is 6.94. The summed E-state index contributed by atoms with van der Waals surface area (Å²) in [5, 5.41) is 2.93. The van der Waals surface area contributed by atoms with Gasteiger partial charge in [-0.2, -0.15) is 0 Å². The average molecular weight is 262 g/mol. The highest BCUT2D eigenvalue weighted by atomic mass is 16.5. The second-order valence-electron chi connectivity index (χ2n) is 5.03. The van der Waals surface area contributed by atoms with Crippen LogP contribution >= 0.6 is 0 Å². The normalized spacial score (nSPS) is 15.9. The van der Waals surface area contributed by atoms with Crippen molar-refractivity contribution in [3.8, 4) is 5.75 Å². The van der Waals surface area contributed by atoms with Crippen LogP contribution in [0, 0.1) is 5.92 Å². The second-order valence-corrected chi connectivity index (χ2v) is 5.03. The van der Waals surface area contributed by atoms with Gasteiger partial charge in [-0.05, 0) is 42.9 Å². The number of nitrogens with one attached hydrogen (secondary N) is 1. The van der Waals surface area contributed by atoms with Gasteiger partial charge in [-0.1, -0.05) is 19.1 Å². The summed E-state index contributed by atoms with van der Waals surface area (Å²) in [6.07, 6.45) is 3.34. The molecule has 2 rings (SSSR count). The first-order chi connectivity index (χ1) is 9.22. The predicted molar refractivity (Wildman–Crippen MR) is 75.0 cm³/mol. The van der Waals surface area contributed by atoms with Crippen molar-refractivity contribution in [2.75, 3.05) is 13.2 Å². The average Bonchev–Trinajstić information content (AvgIpc) is 3.27. The summed E-state index contributed by atoms with van der Waals surface area (Å²) in [4.78, 5) is 11.7. The molecule has 3 N–H and O–H groups in total. The molecule has 0 saturated heterocycles. The van der Waals surface area contributed by atoms with E-state index in [0.29, 0.717) is 12.5 Å². The lowest BCUT2D eigenvalue weighted by Gasteiger charge is -2.16. The molecule has 1 saturated carbocycles. The minimum atomic E-state index is -0.0954. The zero-order valence-corrected chi connectivity index (χ0v) is 11.4. The minimum Gasteiger partial charge on any atom is -0.484 e. The summed E-state index contributed by atoms with van der Waals surface area (Å²) in [7, 11) is 0. The van der Waals surface area contributed by atoms with Crippen molar-refractivity contribution in [1.82, 2.24) is 5.32 Å². The topological polar surface area (TPSA) is 64.3 Å². The molecule has 0 heterocycles. The van der Waals surface area contributed by atoms with Gasteiger partial charge in [-0.15, -0.1) is 0 Å². The van der Waals surface area contributed by atoms with Crippen molar-refractivity contribution < 1.29 is 9.53 Å². The van der Waals surface area contributed by atoms with E-state index in [4.69, 9.17) is 10.5 Å². The van der Waals surface area contributed by atoms with Gasteiger partial charge in [0.05, 0.1) is 0 Å². The lowest BCUT2D eigenvalue weighted by Crippen LogP contribution is -2.43. The molecule has 19 heavy (non-hydrogen) atoms. The molecule has 0 aliphatic heterocycles. The van der Waals surface area contributed by atoms with Gasteiger partial charge in [0.2, 0.25) is 0 Å². The Kier molecular flexibility index (Phi) is 4.80. The van der Waals surface area contributed by atoms with Crippen molar-refractivity contribution in [3.63, 3.8) is 0 Å². The van der Waals surface area contributed by atoms with Gasteiger partial charge >= 0.3 is 0 Å². The van der Waals surface area contributed by atoms with Crippen LogP contribution in [0.15, 0.2) is 24.3 Å². The monoisotopic (exact) mass is 262 g/mol. The van der Waals surface area contributed by atoms with Crippen molar-refractivity contribution >= 4 is 5.91 Å². The van der Waals surface area contributed by atoms with Crippen LogP contribution in [0.5, 0.6) is 5.75 Å². The van der Waals surface area contributed by atoms with E-state index in [9.17, 15) is 4.79 Å². The van der Waals surface area contributed by atoms with Crippen molar-refractivity contribution in [3.05, 3.63) is 29.8 Å². The smallest absolute Gasteiger partial charge is 0.258 e. The number of hydrogen-bond acceptors (Lipinski definition) is 3. The molecule has 0 aromatic heterocycles. The molecule has 1 aliphatic rings. The number of benzene rings is 1. The molecular weight excluding hydrogens is 240 g/mol. The largest absolute Gasteiger partial charge is 0.484 e. The number of rotatable bonds is 7. The van der Waals surface area contributed by atoms with Crippen LogP contribution in [-0.4, -0.2) is 25.1 Å². The fraction of sp³-hybridized carbons (Fsp3) is 0.533. The Morgan fingerprint density at radius 3 is 2.63 bits per heavy atom. The number of aryl methyl sites for hydroxylation is 1. The van der Waals surface area contributed by atoms with E-state index in [2.05, 4.69) is 12.2 Å². The van der Waals surface area contributed by atoms with E-state index < -0.39 is 0 Å². The number of nitrogens with two attached hydrogens (primary N) is 1. The van der Waals surface area contributed by atoms with Crippen molar-refractivity contribution in [1.29, 1.82) is 0 Å². The van der Waals surface area contributed by atoms with E-state index >= 15 is 0 Å². The summed E-state index contributed by atoms with van der Waals surface area (Å²) in [6.45, 7) is 2.66. The summed E-state index contributed by atoms with van der Waals surface area (Å²) >= 11 is 0. The third kappa shape index (κ3) is 4.24. The Morgan fingerprint density at radius 1 is 1.42 bits per heavy atom. The Hall–Kier alpha value is -1.55. The number of hydrogen-bond donors (Lipinski definition) is 2. The SMILES string of the molecule is CCc1ccc(OCC(=O)NC(CN)C2CC2)cc1. The molecule has 0 radical (unpaired) electrons. The highest BCUT2D eigenvalue weighted by Crippen LogP contribution is 2.32. The number of carbonyl (C=O) groups excluding carboxylic acids is 1. The first kappa shape index (κ1) is 13.9. The van der Waals surface area contributed by atoms with Crippen LogP contribution in [0.4, 0.5) is 0 Å². The van der Waals surface area contributed by atoms with Gasteiger partial charge in [0.25, 0.3) is 5.91 Å². The van der Waals surface area contributed by atoms with Crippen LogP contribution in [0.3, 0.4) is 0 Å². The summed E-state index contributed by atoms with van der Waals surface area (Å²) < 4.78 is 5.46. The van der Waals surface area contributed by atoms with Crippen LogP contribution < -0.4 is 15.8 Å². The second kappa shape index (κ2) is 6.57. The van der Waals surface area contributed by atoms with Gasteiger partial charge in [0, 0.05) is 12.6 Å². The number of amides is 1. The molecule has 1 aromatic carbocycles. The molecule has 4 nitrogen and oxygen atoms in total. The zero-order chi connectivity index (χ0) is 13.7. The minimum absolute atomic E-state index is 0.0503. The van der Waals surface area contributed by atoms with Gasteiger partial charge in [-0.3, -0.25) is 4.79 Å². The van der Waals surface area contributed by atoms with Gasteiger partial charge < -0.3 is 15.8 Å². The predicted octanol–water partition coefficient (Wildman–Crippen LogP) is 1.48. The highest BCUT2D eigenvalue weighted by Gasteiger charge is 2.31. The molecule has 1 fully saturated rings. The summed E-state index contributed by atoms with van der Waals surface area (Å²) in [6, 6.07) is 7.93. The lowest BCUT2D eigenvalue weighted by molar-refractivity contribution is -0.123. The molecule has 1 atom stereocenters. The molecule has 1 amide bonds. The van der Waals surface area contributed by atoms with E-state index in [1.54, 1.807) is 0 Å². The highest BCUT2D eigenvalue weighted by molar-refractivity contribution is 5.77.